The molecular weight excluding hydrogens is 238 g/mol. The first-order chi connectivity index (χ1) is 8.97. The van der Waals surface area contributed by atoms with E-state index in [9.17, 15) is 4.79 Å². The number of nitrogens with one attached hydrogen (secondary N) is 2. The Bertz CT molecular complexity index is 315. The van der Waals surface area contributed by atoms with Crippen LogP contribution in [0.25, 0.3) is 0 Å². The van der Waals surface area contributed by atoms with Crippen LogP contribution in [0.1, 0.15) is 46.0 Å². The molecule has 2 atom stereocenters. The van der Waals surface area contributed by atoms with Crippen LogP contribution in [0, 0.1) is 5.41 Å². The first-order valence-electron chi connectivity index (χ1n) is 7.63. The molecule has 4 heteroatoms. The van der Waals surface area contributed by atoms with Gasteiger partial charge in [0.25, 0.3) is 0 Å². The number of piperidine rings is 2. The average Bonchev–Trinajstić information content (AvgIpc) is 2.36. The van der Waals surface area contributed by atoms with Gasteiger partial charge in [0, 0.05) is 31.7 Å². The van der Waals surface area contributed by atoms with Gasteiger partial charge in [0.1, 0.15) is 0 Å². The lowest BCUT2D eigenvalue weighted by Crippen LogP contribution is -2.59. The van der Waals surface area contributed by atoms with E-state index in [2.05, 4.69) is 36.4 Å². The van der Waals surface area contributed by atoms with E-state index in [1.165, 1.54) is 32.1 Å². The molecule has 2 saturated heterocycles. The van der Waals surface area contributed by atoms with E-state index in [-0.39, 0.29) is 11.3 Å². The molecule has 0 aromatic heterocycles. The van der Waals surface area contributed by atoms with E-state index in [4.69, 9.17) is 0 Å². The van der Waals surface area contributed by atoms with Gasteiger partial charge in [-0.05, 0) is 46.6 Å². The second kappa shape index (κ2) is 5.80. The first kappa shape index (κ1) is 14.8. The maximum Gasteiger partial charge on any atom is 0.226 e. The highest BCUT2D eigenvalue weighted by Crippen LogP contribution is 2.36. The molecule has 2 aliphatic rings. The quantitative estimate of drug-likeness (QED) is 0.808. The molecule has 2 unspecified atom stereocenters. The van der Waals surface area contributed by atoms with Crippen molar-refractivity contribution in [2.24, 2.45) is 5.41 Å². The summed E-state index contributed by atoms with van der Waals surface area (Å²) in [5, 5.41) is 6.25. The third kappa shape index (κ3) is 3.11. The zero-order valence-corrected chi connectivity index (χ0v) is 12.8. The summed E-state index contributed by atoms with van der Waals surface area (Å²) in [5.74, 6) is 0.154. The Hall–Kier alpha value is -0.610. The van der Waals surface area contributed by atoms with Crippen molar-refractivity contribution in [2.45, 2.75) is 64.1 Å². The summed E-state index contributed by atoms with van der Waals surface area (Å²) in [6, 6.07) is 1.98. The molecular formula is C15H29N3O. The van der Waals surface area contributed by atoms with E-state index in [1.807, 2.05) is 0 Å². The van der Waals surface area contributed by atoms with Gasteiger partial charge in [0.15, 0.2) is 0 Å². The molecule has 0 aromatic carbocycles. The fourth-order valence-electron chi connectivity index (χ4n) is 3.84. The summed E-state index contributed by atoms with van der Waals surface area (Å²) < 4.78 is 0. The van der Waals surface area contributed by atoms with Gasteiger partial charge in [-0.2, -0.15) is 0 Å². The van der Waals surface area contributed by atoms with Gasteiger partial charge >= 0.3 is 0 Å². The standard InChI is InChI=1S/C15H29N3O/c1-15(2,14(19)17-4)10-18-12-6-5-7-13(18)9-11(8-12)16-3/h11-13,16H,5-10H2,1-4H3,(H,17,19). The van der Waals surface area contributed by atoms with Crippen molar-refractivity contribution >= 4 is 5.91 Å². The van der Waals surface area contributed by atoms with Crippen LogP contribution in [0.15, 0.2) is 0 Å². The summed E-state index contributed by atoms with van der Waals surface area (Å²) in [6.07, 6.45) is 6.40. The van der Waals surface area contributed by atoms with Crippen LogP contribution in [0.5, 0.6) is 0 Å². The van der Waals surface area contributed by atoms with Gasteiger partial charge in [0.05, 0.1) is 5.41 Å². The first-order valence-corrected chi connectivity index (χ1v) is 7.63. The van der Waals surface area contributed by atoms with Crippen molar-refractivity contribution in [1.29, 1.82) is 0 Å². The van der Waals surface area contributed by atoms with Crippen molar-refractivity contribution in [3.63, 3.8) is 0 Å². The number of amides is 1. The predicted molar refractivity (Wildman–Crippen MR) is 78.1 cm³/mol. The third-order valence-electron chi connectivity index (χ3n) is 4.95. The van der Waals surface area contributed by atoms with Crippen LogP contribution in [0.4, 0.5) is 0 Å². The lowest BCUT2D eigenvalue weighted by molar-refractivity contribution is -0.131. The van der Waals surface area contributed by atoms with Crippen molar-refractivity contribution in [1.82, 2.24) is 15.5 Å². The van der Waals surface area contributed by atoms with Gasteiger partial charge in [0.2, 0.25) is 5.91 Å². The fourth-order valence-corrected chi connectivity index (χ4v) is 3.84. The summed E-state index contributed by atoms with van der Waals surface area (Å²) in [4.78, 5) is 14.6. The summed E-state index contributed by atoms with van der Waals surface area (Å²) in [5.41, 5.74) is -0.297. The van der Waals surface area contributed by atoms with E-state index in [0.717, 1.165) is 6.54 Å². The Labute approximate surface area is 117 Å². The van der Waals surface area contributed by atoms with E-state index >= 15 is 0 Å². The molecule has 2 fully saturated rings. The zero-order chi connectivity index (χ0) is 14.0. The number of rotatable bonds is 4. The molecule has 2 N–H and O–H groups in total. The Balaban J connectivity index is 2.06. The maximum absolute atomic E-state index is 12.0. The maximum atomic E-state index is 12.0. The van der Waals surface area contributed by atoms with E-state index in [1.54, 1.807) is 7.05 Å². The highest BCUT2D eigenvalue weighted by atomic mass is 16.2. The molecule has 0 saturated carbocycles. The van der Waals surface area contributed by atoms with Gasteiger partial charge in [-0.1, -0.05) is 6.42 Å². The third-order valence-corrected chi connectivity index (χ3v) is 4.95. The molecule has 0 radical (unpaired) electrons. The zero-order valence-electron chi connectivity index (χ0n) is 12.8. The van der Waals surface area contributed by atoms with Crippen molar-refractivity contribution < 1.29 is 4.79 Å². The number of fused-ring (bicyclic) bond motifs is 2. The summed E-state index contributed by atoms with van der Waals surface area (Å²) >= 11 is 0. The number of hydrogen-bond acceptors (Lipinski definition) is 3. The van der Waals surface area contributed by atoms with Crippen molar-refractivity contribution in [3.8, 4) is 0 Å². The Kier molecular flexibility index (Phi) is 4.51. The highest BCUT2D eigenvalue weighted by molar-refractivity contribution is 5.81. The molecule has 2 rings (SSSR count). The Morgan fingerprint density at radius 3 is 2.26 bits per heavy atom. The number of carbonyl (C=O) groups is 1. The second-order valence-electron chi connectivity index (χ2n) is 6.83. The molecule has 2 aliphatic heterocycles. The van der Waals surface area contributed by atoms with Crippen LogP contribution >= 0.6 is 0 Å². The molecule has 110 valence electrons. The van der Waals surface area contributed by atoms with Crippen LogP contribution in [0.3, 0.4) is 0 Å². The summed E-state index contributed by atoms with van der Waals surface area (Å²) in [7, 11) is 3.81. The molecule has 2 heterocycles. The molecule has 0 spiro atoms. The van der Waals surface area contributed by atoms with Crippen LogP contribution < -0.4 is 10.6 Å². The topological polar surface area (TPSA) is 44.4 Å². The summed E-state index contributed by atoms with van der Waals surface area (Å²) in [6.45, 7) is 5.01. The largest absolute Gasteiger partial charge is 0.359 e. The average molecular weight is 267 g/mol. The molecule has 2 bridgehead atoms. The van der Waals surface area contributed by atoms with Crippen LogP contribution in [-0.2, 0) is 4.79 Å². The van der Waals surface area contributed by atoms with Gasteiger partial charge in [-0.15, -0.1) is 0 Å². The molecule has 0 aliphatic carbocycles. The van der Waals surface area contributed by atoms with Crippen molar-refractivity contribution in [2.75, 3.05) is 20.6 Å². The van der Waals surface area contributed by atoms with Gasteiger partial charge in [-0.25, -0.2) is 0 Å². The van der Waals surface area contributed by atoms with E-state index < -0.39 is 0 Å². The van der Waals surface area contributed by atoms with Crippen LogP contribution in [0.2, 0.25) is 0 Å². The van der Waals surface area contributed by atoms with Gasteiger partial charge in [-0.3, -0.25) is 9.69 Å². The van der Waals surface area contributed by atoms with Crippen LogP contribution in [-0.4, -0.2) is 49.6 Å². The monoisotopic (exact) mass is 267 g/mol. The van der Waals surface area contributed by atoms with Gasteiger partial charge < -0.3 is 10.6 Å². The molecule has 1 amide bonds. The number of nitrogens with zero attached hydrogens (tertiary/aromatic N) is 1. The smallest absolute Gasteiger partial charge is 0.226 e. The molecule has 0 aromatic rings. The number of hydrogen-bond donors (Lipinski definition) is 2. The minimum Gasteiger partial charge on any atom is -0.359 e. The SMILES string of the molecule is CNC(=O)C(C)(C)CN1C2CCCC1CC(NC)C2. The minimum absolute atomic E-state index is 0.154. The van der Waals surface area contributed by atoms with E-state index in [0.29, 0.717) is 18.1 Å². The molecule has 19 heavy (non-hydrogen) atoms. The second-order valence-corrected chi connectivity index (χ2v) is 6.83. The highest BCUT2D eigenvalue weighted by Gasteiger charge is 2.41. The molecule has 4 nitrogen and oxygen atoms in total. The predicted octanol–water partition coefficient (Wildman–Crippen LogP) is 1.36. The fraction of sp³-hybridized carbons (Fsp3) is 0.933. The Morgan fingerprint density at radius 1 is 1.21 bits per heavy atom. The lowest BCUT2D eigenvalue weighted by atomic mass is 9.79. The minimum atomic E-state index is -0.297. The normalized spacial score (nSPS) is 32.1. The lowest BCUT2D eigenvalue weighted by Gasteiger charge is -2.51. The van der Waals surface area contributed by atoms with Crippen molar-refractivity contribution in [3.05, 3.63) is 0 Å². The Morgan fingerprint density at radius 2 is 1.79 bits per heavy atom. The number of carbonyl (C=O) groups excluding carboxylic acids is 1.